The molecule has 0 spiro atoms. The molecule has 0 bridgehead atoms. The van der Waals surface area contributed by atoms with Crippen molar-refractivity contribution in [3.63, 3.8) is 0 Å². The van der Waals surface area contributed by atoms with E-state index in [9.17, 15) is 5.11 Å². The number of aliphatic hydroxyl groups is 1. The van der Waals surface area contributed by atoms with Crippen LogP contribution in [0.2, 0.25) is 0 Å². The second kappa shape index (κ2) is 5.93. The second-order valence-corrected chi connectivity index (χ2v) is 5.95. The van der Waals surface area contributed by atoms with Gasteiger partial charge < -0.3 is 9.84 Å². The highest BCUT2D eigenvalue weighted by Crippen LogP contribution is 2.29. The van der Waals surface area contributed by atoms with Gasteiger partial charge in [0.25, 0.3) is 0 Å². The smallest absolute Gasteiger partial charge is 0.122 e. The van der Waals surface area contributed by atoms with Gasteiger partial charge in [-0.15, -0.1) is 0 Å². The molecule has 0 amide bonds. The Morgan fingerprint density at radius 2 is 1.79 bits per heavy atom. The molecule has 1 aromatic carbocycles. The Bertz CT molecular complexity index is 453. The van der Waals surface area contributed by atoms with Gasteiger partial charge in [-0.3, -0.25) is 4.90 Å². The predicted octanol–water partition coefficient (Wildman–Crippen LogP) is 2.82. The number of nitrogens with zero attached hydrogens (tertiary/aromatic N) is 1. The van der Waals surface area contributed by atoms with Crippen LogP contribution in [0.25, 0.3) is 0 Å². The van der Waals surface area contributed by atoms with Crippen molar-refractivity contribution in [2.45, 2.75) is 46.7 Å². The topological polar surface area (TPSA) is 32.7 Å². The maximum absolute atomic E-state index is 9.46. The zero-order valence-corrected chi connectivity index (χ0v) is 13.3. The first-order valence-electron chi connectivity index (χ1n) is 6.70. The van der Waals surface area contributed by atoms with Crippen LogP contribution in [-0.4, -0.2) is 36.3 Å². The van der Waals surface area contributed by atoms with Gasteiger partial charge in [-0.1, -0.05) is 0 Å². The highest BCUT2D eigenvalue weighted by molar-refractivity contribution is 5.48. The molecule has 1 N–H and O–H groups in total. The van der Waals surface area contributed by atoms with Crippen molar-refractivity contribution in [2.24, 2.45) is 0 Å². The summed E-state index contributed by atoms with van der Waals surface area (Å²) >= 11 is 0. The van der Waals surface area contributed by atoms with E-state index in [4.69, 9.17) is 4.74 Å². The van der Waals surface area contributed by atoms with Crippen molar-refractivity contribution in [2.75, 3.05) is 20.8 Å². The first kappa shape index (κ1) is 16.0. The fourth-order valence-electron chi connectivity index (χ4n) is 2.13. The van der Waals surface area contributed by atoms with Crippen molar-refractivity contribution in [1.29, 1.82) is 0 Å². The molecular weight excluding hydrogens is 238 g/mol. The third kappa shape index (κ3) is 3.28. The second-order valence-electron chi connectivity index (χ2n) is 5.95. The monoisotopic (exact) mass is 265 g/mol. The molecule has 0 aliphatic heterocycles. The van der Waals surface area contributed by atoms with Crippen LogP contribution in [0.3, 0.4) is 0 Å². The van der Waals surface area contributed by atoms with Gasteiger partial charge in [0, 0.05) is 12.1 Å². The average molecular weight is 265 g/mol. The standard InChI is InChI=1S/C16H27NO2/c1-11-8-15(19-7)13(3)12(2)14(11)9-17(6)16(4,5)10-18/h8,18H,9-10H2,1-7H3. The molecule has 0 heterocycles. The highest BCUT2D eigenvalue weighted by atomic mass is 16.5. The lowest BCUT2D eigenvalue weighted by atomic mass is 9.95. The van der Waals surface area contributed by atoms with Crippen molar-refractivity contribution in [1.82, 2.24) is 4.90 Å². The SMILES string of the molecule is COc1cc(C)c(CN(C)C(C)(C)CO)c(C)c1C. The lowest BCUT2D eigenvalue weighted by Crippen LogP contribution is -2.43. The van der Waals surface area contributed by atoms with Crippen molar-refractivity contribution in [3.05, 3.63) is 28.3 Å². The van der Waals surface area contributed by atoms with Gasteiger partial charge in [-0.05, 0) is 70.0 Å². The first-order chi connectivity index (χ1) is 8.74. The van der Waals surface area contributed by atoms with Crippen LogP contribution in [-0.2, 0) is 6.54 Å². The number of methoxy groups -OCH3 is 1. The maximum atomic E-state index is 9.46. The first-order valence-corrected chi connectivity index (χ1v) is 6.70. The summed E-state index contributed by atoms with van der Waals surface area (Å²) in [5, 5.41) is 9.46. The van der Waals surface area contributed by atoms with E-state index in [1.54, 1.807) is 7.11 Å². The van der Waals surface area contributed by atoms with E-state index in [1.165, 1.54) is 22.3 Å². The molecule has 0 radical (unpaired) electrons. The van der Waals surface area contributed by atoms with E-state index in [0.29, 0.717) is 0 Å². The normalized spacial score (nSPS) is 12.1. The molecule has 0 atom stereocenters. The van der Waals surface area contributed by atoms with Crippen LogP contribution in [0.15, 0.2) is 6.07 Å². The van der Waals surface area contributed by atoms with E-state index in [2.05, 4.69) is 38.8 Å². The van der Waals surface area contributed by atoms with Crippen LogP contribution in [0.4, 0.5) is 0 Å². The van der Waals surface area contributed by atoms with E-state index >= 15 is 0 Å². The van der Waals surface area contributed by atoms with Gasteiger partial charge in [-0.25, -0.2) is 0 Å². The molecule has 1 rings (SSSR count). The van der Waals surface area contributed by atoms with Crippen LogP contribution in [0.1, 0.15) is 36.1 Å². The Kier molecular flexibility index (Phi) is 4.99. The summed E-state index contributed by atoms with van der Waals surface area (Å²) in [6.45, 7) is 11.4. The summed E-state index contributed by atoms with van der Waals surface area (Å²) in [7, 11) is 3.76. The average Bonchev–Trinajstić information content (AvgIpc) is 2.38. The molecule has 19 heavy (non-hydrogen) atoms. The summed E-state index contributed by atoms with van der Waals surface area (Å²) in [4.78, 5) is 2.19. The molecule has 0 saturated carbocycles. The molecule has 0 aliphatic carbocycles. The zero-order chi connectivity index (χ0) is 14.8. The minimum Gasteiger partial charge on any atom is -0.496 e. The summed E-state index contributed by atoms with van der Waals surface area (Å²) < 4.78 is 5.40. The Morgan fingerprint density at radius 3 is 2.26 bits per heavy atom. The Labute approximate surface area is 117 Å². The van der Waals surface area contributed by atoms with Crippen molar-refractivity contribution >= 4 is 0 Å². The number of likely N-dealkylation sites (N-methyl/N-ethyl adjacent to an activating group) is 1. The fourth-order valence-corrected chi connectivity index (χ4v) is 2.13. The quantitative estimate of drug-likeness (QED) is 0.888. The van der Waals surface area contributed by atoms with Crippen molar-refractivity contribution < 1.29 is 9.84 Å². The molecule has 0 unspecified atom stereocenters. The largest absolute Gasteiger partial charge is 0.496 e. The third-order valence-electron chi connectivity index (χ3n) is 4.24. The lowest BCUT2D eigenvalue weighted by molar-refractivity contribution is 0.0731. The van der Waals surface area contributed by atoms with E-state index in [1.807, 2.05) is 13.8 Å². The van der Waals surface area contributed by atoms with Gasteiger partial charge in [0.15, 0.2) is 0 Å². The number of ether oxygens (including phenoxy) is 1. The Morgan fingerprint density at radius 1 is 1.21 bits per heavy atom. The minimum atomic E-state index is -0.216. The predicted molar refractivity (Wildman–Crippen MR) is 79.8 cm³/mol. The summed E-state index contributed by atoms with van der Waals surface area (Å²) in [5.74, 6) is 0.947. The zero-order valence-electron chi connectivity index (χ0n) is 13.3. The van der Waals surface area contributed by atoms with Crippen LogP contribution in [0, 0.1) is 20.8 Å². The number of aliphatic hydroxyl groups excluding tert-OH is 1. The van der Waals surface area contributed by atoms with E-state index in [0.717, 1.165) is 12.3 Å². The lowest BCUT2D eigenvalue weighted by Gasteiger charge is -2.35. The number of hydrogen-bond donors (Lipinski definition) is 1. The number of aryl methyl sites for hydroxylation is 1. The molecule has 0 saturated heterocycles. The number of rotatable bonds is 5. The molecular formula is C16H27NO2. The molecule has 0 aromatic heterocycles. The number of hydrogen-bond acceptors (Lipinski definition) is 3. The third-order valence-corrected chi connectivity index (χ3v) is 4.24. The van der Waals surface area contributed by atoms with Gasteiger partial charge in [0.2, 0.25) is 0 Å². The summed E-state index contributed by atoms with van der Waals surface area (Å²) in [5.41, 5.74) is 4.81. The fraction of sp³-hybridized carbons (Fsp3) is 0.625. The van der Waals surface area contributed by atoms with Gasteiger partial charge in [-0.2, -0.15) is 0 Å². The summed E-state index contributed by atoms with van der Waals surface area (Å²) in [6, 6.07) is 2.09. The van der Waals surface area contributed by atoms with Crippen LogP contribution < -0.4 is 4.74 Å². The molecule has 108 valence electrons. The molecule has 3 heteroatoms. The van der Waals surface area contributed by atoms with Crippen LogP contribution in [0.5, 0.6) is 5.75 Å². The summed E-state index contributed by atoms with van der Waals surface area (Å²) in [6.07, 6.45) is 0. The van der Waals surface area contributed by atoms with E-state index in [-0.39, 0.29) is 12.1 Å². The number of benzene rings is 1. The highest BCUT2D eigenvalue weighted by Gasteiger charge is 2.24. The van der Waals surface area contributed by atoms with Gasteiger partial charge in [0.1, 0.15) is 5.75 Å². The van der Waals surface area contributed by atoms with Crippen molar-refractivity contribution in [3.8, 4) is 5.75 Å². The molecule has 1 aromatic rings. The Balaban J connectivity index is 3.12. The molecule has 0 fully saturated rings. The van der Waals surface area contributed by atoms with Gasteiger partial charge >= 0.3 is 0 Å². The molecule has 3 nitrogen and oxygen atoms in total. The van der Waals surface area contributed by atoms with Gasteiger partial charge in [0.05, 0.1) is 13.7 Å². The minimum absolute atomic E-state index is 0.150. The van der Waals surface area contributed by atoms with Crippen LogP contribution >= 0.6 is 0 Å². The van der Waals surface area contributed by atoms with E-state index < -0.39 is 0 Å². The Hall–Kier alpha value is -1.06. The molecule has 0 aliphatic rings. The maximum Gasteiger partial charge on any atom is 0.122 e.